The molecule has 2 atom stereocenters. The predicted molar refractivity (Wildman–Crippen MR) is 118 cm³/mol. The molecule has 0 spiro atoms. The van der Waals surface area contributed by atoms with Gasteiger partial charge in [0.2, 0.25) is 0 Å². The summed E-state index contributed by atoms with van der Waals surface area (Å²) in [6.07, 6.45) is 0.940. The number of anilines is 1. The van der Waals surface area contributed by atoms with Crippen LogP contribution in [0.15, 0.2) is 48.5 Å². The van der Waals surface area contributed by atoms with Crippen molar-refractivity contribution < 1.29 is 14.3 Å². The van der Waals surface area contributed by atoms with Crippen molar-refractivity contribution in [1.82, 2.24) is 10.2 Å². The van der Waals surface area contributed by atoms with Gasteiger partial charge in [-0.05, 0) is 42.2 Å². The van der Waals surface area contributed by atoms with Gasteiger partial charge in [-0.25, -0.2) is 9.59 Å². The minimum atomic E-state index is -0.559. The Bertz CT molecular complexity index is 875. The first kappa shape index (κ1) is 21.9. The van der Waals surface area contributed by atoms with Crippen molar-refractivity contribution in [3.05, 3.63) is 64.7 Å². The Morgan fingerprint density at radius 2 is 1.93 bits per heavy atom. The summed E-state index contributed by atoms with van der Waals surface area (Å²) in [4.78, 5) is 26.4. The number of carbonyl (C=O) groups excluding carboxylic acids is 2. The van der Waals surface area contributed by atoms with Crippen LogP contribution in [0.5, 0.6) is 0 Å². The van der Waals surface area contributed by atoms with Crippen LogP contribution in [-0.2, 0) is 17.7 Å². The van der Waals surface area contributed by atoms with Gasteiger partial charge in [0.05, 0.1) is 6.04 Å². The Kier molecular flexibility index (Phi) is 7.54. The Morgan fingerprint density at radius 1 is 1.20 bits per heavy atom. The average Bonchev–Trinajstić information content (AvgIpc) is 3.12. The molecule has 2 aromatic rings. The zero-order valence-electron chi connectivity index (χ0n) is 16.9. The Labute approximate surface area is 181 Å². The summed E-state index contributed by atoms with van der Waals surface area (Å²) in [5.74, 6) is 0. The lowest BCUT2D eigenvalue weighted by Crippen LogP contribution is -2.45. The van der Waals surface area contributed by atoms with Crippen molar-refractivity contribution >= 4 is 29.4 Å². The van der Waals surface area contributed by atoms with Crippen LogP contribution in [0.3, 0.4) is 0 Å². The number of nitrogens with two attached hydrogens (primary N) is 1. The number of ether oxygens (including phenoxy) is 1. The third kappa shape index (κ3) is 5.87. The first-order valence-electron chi connectivity index (χ1n) is 10.0. The van der Waals surface area contributed by atoms with Gasteiger partial charge in [0.1, 0.15) is 6.61 Å². The highest BCUT2D eigenvalue weighted by molar-refractivity contribution is 6.31. The molecule has 3 amide bonds. The normalized spacial score (nSPS) is 18.2. The summed E-state index contributed by atoms with van der Waals surface area (Å²) >= 11 is 6.14. The van der Waals surface area contributed by atoms with E-state index in [1.165, 1.54) is 5.56 Å². The van der Waals surface area contributed by atoms with Crippen LogP contribution in [0.25, 0.3) is 0 Å². The van der Waals surface area contributed by atoms with Gasteiger partial charge in [-0.2, -0.15) is 0 Å². The zero-order chi connectivity index (χ0) is 21.5. The van der Waals surface area contributed by atoms with E-state index in [-0.39, 0.29) is 24.7 Å². The maximum Gasteiger partial charge on any atom is 0.411 e. The topological polar surface area (TPSA) is 96.7 Å². The van der Waals surface area contributed by atoms with E-state index < -0.39 is 6.09 Å². The number of hydrogen-bond acceptors (Lipinski definition) is 4. The van der Waals surface area contributed by atoms with E-state index in [0.717, 1.165) is 12.0 Å². The molecule has 1 aliphatic rings. The number of rotatable bonds is 6. The van der Waals surface area contributed by atoms with E-state index in [1.54, 1.807) is 11.0 Å². The first-order valence-corrected chi connectivity index (χ1v) is 10.4. The fourth-order valence-corrected chi connectivity index (χ4v) is 3.63. The lowest BCUT2D eigenvalue weighted by atomic mass is 10.1. The van der Waals surface area contributed by atoms with Gasteiger partial charge in [0, 0.05) is 29.8 Å². The fraction of sp³-hybridized carbons (Fsp3) is 0.364. The summed E-state index contributed by atoms with van der Waals surface area (Å²) < 4.78 is 5.35. The second-order valence-corrected chi connectivity index (χ2v) is 7.73. The van der Waals surface area contributed by atoms with E-state index in [1.807, 2.05) is 42.5 Å². The molecule has 0 unspecified atom stereocenters. The number of likely N-dealkylation sites (tertiary alicyclic amines) is 1. The number of carbonyl (C=O) groups is 2. The van der Waals surface area contributed by atoms with Crippen LogP contribution >= 0.6 is 11.6 Å². The molecule has 1 fully saturated rings. The van der Waals surface area contributed by atoms with Gasteiger partial charge >= 0.3 is 12.1 Å². The second kappa shape index (κ2) is 10.3. The monoisotopic (exact) mass is 430 g/mol. The average molecular weight is 431 g/mol. The minimum Gasteiger partial charge on any atom is -0.447 e. The molecule has 0 bridgehead atoms. The summed E-state index contributed by atoms with van der Waals surface area (Å²) in [7, 11) is 0. The predicted octanol–water partition coefficient (Wildman–Crippen LogP) is 3.76. The molecule has 7 nitrogen and oxygen atoms in total. The molecule has 30 heavy (non-hydrogen) atoms. The number of amides is 3. The first-order chi connectivity index (χ1) is 14.5. The van der Waals surface area contributed by atoms with Crippen LogP contribution in [0.1, 0.15) is 24.5 Å². The Hall–Kier alpha value is -2.77. The highest BCUT2D eigenvalue weighted by Gasteiger charge is 2.34. The summed E-state index contributed by atoms with van der Waals surface area (Å²) in [6.45, 7) is 2.86. The molecule has 1 saturated heterocycles. The van der Waals surface area contributed by atoms with Crippen molar-refractivity contribution in [3.8, 4) is 0 Å². The fourth-order valence-electron chi connectivity index (χ4n) is 3.42. The molecule has 3 rings (SSSR count). The van der Waals surface area contributed by atoms with Crippen molar-refractivity contribution in [1.29, 1.82) is 0 Å². The highest BCUT2D eigenvalue weighted by Crippen LogP contribution is 2.19. The summed E-state index contributed by atoms with van der Waals surface area (Å²) in [5, 5.41) is 6.16. The van der Waals surface area contributed by atoms with Crippen molar-refractivity contribution in [3.63, 3.8) is 0 Å². The quantitative estimate of drug-likeness (QED) is 0.650. The molecule has 2 aromatic carbocycles. The van der Waals surface area contributed by atoms with Gasteiger partial charge < -0.3 is 20.7 Å². The van der Waals surface area contributed by atoms with Crippen LogP contribution in [0.2, 0.25) is 5.02 Å². The minimum absolute atomic E-state index is 0.0755. The number of nitrogens with one attached hydrogen (secondary N) is 2. The molecule has 8 heteroatoms. The van der Waals surface area contributed by atoms with Crippen molar-refractivity contribution in [2.24, 2.45) is 5.73 Å². The second-order valence-electron chi connectivity index (χ2n) is 7.33. The smallest absolute Gasteiger partial charge is 0.411 e. The van der Waals surface area contributed by atoms with Gasteiger partial charge in [0.15, 0.2) is 0 Å². The van der Waals surface area contributed by atoms with E-state index in [9.17, 15) is 9.59 Å². The number of nitrogens with zero attached hydrogens (tertiary/aromatic N) is 1. The van der Waals surface area contributed by atoms with E-state index in [0.29, 0.717) is 30.2 Å². The standard InChI is InChI=1S/C22H27ClN4O3/c1-2-15-7-9-18(10-8-15)26-22(29)30-14-19-11-17(24)13-27(19)21(28)25-12-16-5-3-4-6-20(16)23/h3-10,17,19H,2,11-14,24H2,1H3,(H,25,28)(H,26,29)/t17-,19+/m1/s1. The molecule has 1 heterocycles. The van der Waals surface area contributed by atoms with Gasteiger partial charge in [0.25, 0.3) is 0 Å². The third-order valence-corrected chi connectivity index (χ3v) is 5.48. The van der Waals surface area contributed by atoms with Crippen LogP contribution in [-0.4, -0.2) is 42.3 Å². The maximum absolute atomic E-state index is 12.6. The van der Waals surface area contributed by atoms with Crippen LogP contribution in [0, 0.1) is 0 Å². The molecule has 0 aliphatic carbocycles. The summed E-state index contributed by atoms with van der Waals surface area (Å²) in [5.41, 5.74) is 8.72. The Morgan fingerprint density at radius 3 is 2.63 bits per heavy atom. The molecular weight excluding hydrogens is 404 g/mol. The number of halogens is 1. The summed E-state index contributed by atoms with van der Waals surface area (Å²) in [6, 6.07) is 14.2. The third-order valence-electron chi connectivity index (χ3n) is 5.11. The maximum atomic E-state index is 12.6. The largest absolute Gasteiger partial charge is 0.447 e. The molecule has 1 aliphatic heterocycles. The van der Waals surface area contributed by atoms with E-state index in [4.69, 9.17) is 22.1 Å². The van der Waals surface area contributed by atoms with Crippen LogP contribution < -0.4 is 16.4 Å². The van der Waals surface area contributed by atoms with E-state index >= 15 is 0 Å². The van der Waals surface area contributed by atoms with Crippen LogP contribution in [0.4, 0.5) is 15.3 Å². The number of aryl methyl sites for hydroxylation is 1. The van der Waals surface area contributed by atoms with Gasteiger partial charge in [-0.3, -0.25) is 5.32 Å². The molecule has 0 radical (unpaired) electrons. The zero-order valence-corrected chi connectivity index (χ0v) is 17.7. The number of benzene rings is 2. The number of hydrogen-bond donors (Lipinski definition) is 3. The van der Waals surface area contributed by atoms with E-state index in [2.05, 4.69) is 17.6 Å². The molecular formula is C22H27ClN4O3. The molecule has 0 saturated carbocycles. The van der Waals surface area contributed by atoms with Crippen molar-refractivity contribution in [2.45, 2.75) is 38.4 Å². The molecule has 4 N–H and O–H groups in total. The van der Waals surface area contributed by atoms with Gasteiger partial charge in [-0.1, -0.05) is 48.9 Å². The SMILES string of the molecule is CCc1ccc(NC(=O)OC[C@@H]2C[C@@H](N)CN2C(=O)NCc2ccccc2Cl)cc1. The lowest BCUT2D eigenvalue weighted by Gasteiger charge is -2.24. The lowest BCUT2D eigenvalue weighted by molar-refractivity contribution is 0.123. The van der Waals surface area contributed by atoms with Crippen molar-refractivity contribution in [2.75, 3.05) is 18.5 Å². The number of urea groups is 1. The Balaban J connectivity index is 1.50. The van der Waals surface area contributed by atoms with Gasteiger partial charge in [-0.15, -0.1) is 0 Å². The molecule has 160 valence electrons. The highest BCUT2D eigenvalue weighted by atomic mass is 35.5. The molecule has 0 aromatic heterocycles.